The number of thiophene rings is 1. The van der Waals surface area contributed by atoms with E-state index in [1.165, 1.54) is 11.3 Å². The number of hydrogen-bond donors (Lipinski definition) is 2. The third kappa shape index (κ3) is 4.25. The number of fused-ring (bicyclic) bond motifs is 1. The highest BCUT2D eigenvalue weighted by atomic mass is 32.1. The smallest absolute Gasteiger partial charge is 0.339 e. The Kier molecular flexibility index (Phi) is 5.93. The van der Waals surface area contributed by atoms with E-state index in [-0.39, 0.29) is 17.9 Å². The van der Waals surface area contributed by atoms with Gasteiger partial charge in [0.1, 0.15) is 10.8 Å². The highest BCUT2D eigenvalue weighted by molar-refractivity contribution is 7.17. The van der Waals surface area contributed by atoms with Crippen LogP contribution in [0, 0.1) is 0 Å². The Morgan fingerprint density at radius 3 is 2.58 bits per heavy atom. The summed E-state index contributed by atoms with van der Waals surface area (Å²) >= 11 is 1.42. The van der Waals surface area contributed by atoms with Crippen LogP contribution in [-0.2, 0) is 24.1 Å². The zero-order valence-corrected chi connectivity index (χ0v) is 15.7. The molecule has 5 nitrogen and oxygen atoms in total. The van der Waals surface area contributed by atoms with E-state index in [1.54, 1.807) is 0 Å². The van der Waals surface area contributed by atoms with Gasteiger partial charge in [0.05, 0.1) is 18.6 Å². The van der Waals surface area contributed by atoms with Gasteiger partial charge in [-0.25, -0.2) is 4.79 Å². The molecular formula is C20H23NO4S. The number of carbonyl (C=O) groups is 2. The van der Waals surface area contributed by atoms with Crippen LogP contribution in [-0.4, -0.2) is 23.6 Å². The van der Waals surface area contributed by atoms with Crippen LogP contribution < -0.4 is 10.1 Å². The lowest BCUT2D eigenvalue weighted by molar-refractivity contribution is -0.115. The van der Waals surface area contributed by atoms with Crippen LogP contribution in [0.1, 0.15) is 52.5 Å². The maximum atomic E-state index is 12.4. The average molecular weight is 373 g/mol. The van der Waals surface area contributed by atoms with Crippen molar-refractivity contribution >= 4 is 28.2 Å². The van der Waals surface area contributed by atoms with E-state index in [0.717, 1.165) is 53.9 Å². The SMILES string of the molecule is CCOc1ccc(CC(=O)Nc2sc3c(c2C(=O)O)CCCCC3)cc1. The number of rotatable bonds is 6. The van der Waals surface area contributed by atoms with Gasteiger partial charge in [0.25, 0.3) is 0 Å². The van der Waals surface area contributed by atoms with Gasteiger partial charge in [0.2, 0.25) is 5.91 Å². The fraction of sp³-hybridized carbons (Fsp3) is 0.400. The van der Waals surface area contributed by atoms with Gasteiger partial charge in [-0.05, 0) is 55.9 Å². The van der Waals surface area contributed by atoms with Crippen LogP contribution in [0.25, 0.3) is 0 Å². The third-order valence-corrected chi connectivity index (χ3v) is 5.69. The van der Waals surface area contributed by atoms with E-state index in [0.29, 0.717) is 11.6 Å². The molecule has 1 aliphatic carbocycles. The Bertz CT molecular complexity index is 795. The van der Waals surface area contributed by atoms with E-state index in [4.69, 9.17) is 4.74 Å². The van der Waals surface area contributed by atoms with Gasteiger partial charge in [-0.1, -0.05) is 18.6 Å². The van der Waals surface area contributed by atoms with Gasteiger partial charge in [0.15, 0.2) is 0 Å². The number of nitrogens with one attached hydrogen (secondary N) is 1. The molecule has 3 rings (SSSR count). The Morgan fingerprint density at radius 1 is 1.15 bits per heavy atom. The summed E-state index contributed by atoms with van der Waals surface area (Å²) in [4.78, 5) is 25.3. The Balaban J connectivity index is 1.73. The lowest BCUT2D eigenvalue weighted by Crippen LogP contribution is -2.16. The van der Waals surface area contributed by atoms with Crippen LogP contribution in [0.3, 0.4) is 0 Å². The molecule has 1 heterocycles. The van der Waals surface area contributed by atoms with Crippen molar-refractivity contribution < 1.29 is 19.4 Å². The lowest BCUT2D eigenvalue weighted by Gasteiger charge is -2.07. The summed E-state index contributed by atoms with van der Waals surface area (Å²) in [7, 11) is 0. The molecule has 0 unspecified atom stereocenters. The number of carbonyl (C=O) groups excluding carboxylic acids is 1. The van der Waals surface area contributed by atoms with Crippen LogP contribution in [0.4, 0.5) is 5.00 Å². The van der Waals surface area contributed by atoms with Gasteiger partial charge in [-0.15, -0.1) is 11.3 Å². The van der Waals surface area contributed by atoms with Gasteiger partial charge < -0.3 is 15.2 Å². The average Bonchev–Trinajstić information content (AvgIpc) is 2.78. The topological polar surface area (TPSA) is 75.6 Å². The van der Waals surface area contributed by atoms with Crippen molar-refractivity contribution in [3.63, 3.8) is 0 Å². The zero-order chi connectivity index (χ0) is 18.5. The van der Waals surface area contributed by atoms with Gasteiger partial charge in [-0.2, -0.15) is 0 Å². The number of aromatic carboxylic acids is 1. The van der Waals surface area contributed by atoms with Crippen LogP contribution in [0.15, 0.2) is 24.3 Å². The number of amides is 1. The summed E-state index contributed by atoms with van der Waals surface area (Å²) < 4.78 is 5.40. The van der Waals surface area contributed by atoms with E-state index >= 15 is 0 Å². The molecule has 2 N–H and O–H groups in total. The second-order valence-corrected chi connectivity index (χ2v) is 7.48. The fourth-order valence-corrected chi connectivity index (χ4v) is 4.58. The van der Waals surface area contributed by atoms with E-state index in [1.807, 2.05) is 31.2 Å². The molecule has 0 bridgehead atoms. The summed E-state index contributed by atoms with van der Waals surface area (Å²) in [5.74, 6) is -0.388. The minimum Gasteiger partial charge on any atom is -0.494 e. The second-order valence-electron chi connectivity index (χ2n) is 6.38. The Morgan fingerprint density at radius 2 is 1.88 bits per heavy atom. The Labute approximate surface area is 157 Å². The summed E-state index contributed by atoms with van der Waals surface area (Å²) in [6.07, 6.45) is 5.08. The van der Waals surface area contributed by atoms with Crippen LogP contribution in [0.2, 0.25) is 0 Å². The summed E-state index contributed by atoms with van der Waals surface area (Å²) in [6.45, 7) is 2.52. The normalized spacial score (nSPS) is 13.6. The van der Waals surface area contributed by atoms with Crippen molar-refractivity contribution in [3.8, 4) is 5.75 Å². The molecule has 1 aromatic carbocycles. The molecule has 1 aromatic heterocycles. The van der Waals surface area contributed by atoms with Crippen LogP contribution in [0.5, 0.6) is 5.75 Å². The molecule has 0 atom stereocenters. The van der Waals surface area contributed by atoms with Crippen molar-refractivity contribution in [3.05, 3.63) is 45.8 Å². The number of hydrogen-bond acceptors (Lipinski definition) is 4. The second kappa shape index (κ2) is 8.36. The van der Waals surface area contributed by atoms with E-state index < -0.39 is 5.97 Å². The maximum Gasteiger partial charge on any atom is 0.339 e. The van der Waals surface area contributed by atoms with E-state index in [2.05, 4.69) is 5.32 Å². The van der Waals surface area contributed by atoms with Crippen molar-refractivity contribution in [1.29, 1.82) is 0 Å². The van der Waals surface area contributed by atoms with Gasteiger partial charge in [0, 0.05) is 4.88 Å². The predicted molar refractivity (Wildman–Crippen MR) is 102 cm³/mol. The maximum absolute atomic E-state index is 12.4. The summed E-state index contributed by atoms with van der Waals surface area (Å²) in [5.41, 5.74) is 2.06. The largest absolute Gasteiger partial charge is 0.494 e. The molecule has 138 valence electrons. The van der Waals surface area contributed by atoms with Crippen molar-refractivity contribution in [1.82, 2.24) is 0 Å². The molecule has 1 amide bonds. The zero-order valence-electron chi connectivity index (χ0n) is 14.8. The molecule has 0 aliphatic heterocycles. The molecule has 0 fully saturated rings. The minimum atomic E-state index is -0.958. The molecule has 0 radical (unpaired) electrons. The predicted octanol–water partition coefficient (Wildman–Crippen LogP) is 4.30. The molecule has 26 heavy (non-hydrogen) atoms. The minimum absolute atomic E-state index is 0.201. The monoisotopic (exact) mass is 373 g/mol. The molecule has 6 heteroatoms. The summed E-state index contributed by atoms with van der Waals surface area (Å²) in [6, 6.07) is 7.38. The Hall–Kier alpha value is -2.34. The molecule has 1 aliphatic rings. The first kappa shape index (κ1) is 18.5. The standard InChI is InChI=1S/C20H23NO4S/c1-2-25-14-10-8-13(9-11-14)12-17(22)21-19-18(20(23)24)15-6-4-3-5-7-16(15)26-19/h8-11H,2-7,12H2,1H3,(H,21,22)(H,23,24). The molecule has 0 saturated heterocycles. The molecule has 0 saturated carbocycles. The first-order valence-corrected chi connectivity index (χ1v) is 9.79. The summed E-state index contributed by atoms with van der Waals surface area (Å²) in [5, 5.41) is 12.9. The molecule has 2 aromatic rings. The third-order valence-electron chi connectivity index (χ3n) is 4.49. The number of aryl methyl sites for hydroxylation is 1. The number of carboxylic acids is 1. The van der Waals surface area contributed by atoms with Crippen molar-refractivity contribution in [2.75, 3.05) is 11.9 Å². The van der Waals surface area contributed by atoms with Crippen molar-refractivity contribution in [2.45, 2.75) is 45.4 Å². The fourth-order valence-electron chi connectivity index (χ4n) is 3.28. The molecule has 0 spiro atoms. The quantitative estimate of drug-likeness (QED) is 0.741. The number of anilines is 1. The highest BCUT2D eigenvalue weighted by Crippen LogP contribution is 2.37. The van der Waals surface area contributed by atoms with Gasteiger partial charge in [-0.3, -0.25) is 4.79 Å². The van der Waals surface area contributed by atoms with Crippen molar-refractivity contribution in [2.24, 2.45) is 0 Å². The first-order valence-electron chi connectivity index (χ1n) is 8.98. The number of ether oxygens (including phenoxy) is 1. The van der Waals surface area contributed by atoms with Gasteiger partial charge >= 0.3 is 5.97 Å². The number of carboxylic acid groups (broad SMARTS) is 1. The van der Waals surface area contributed by atoms with E-state index in [9.17, 15) is 14.7 Å². The first-order chi connectivity index (χ1) is 12.6. The van der Waals surface area contributed by atoms with Crippen LogP contribution >= 0.6 is 11.3 Å². The number of benzene rings is 1. The lowest BCUT2D eigenvalue weighted by atomic mass is 10.1. The highest BCUT2D eigenvalue weighted by Gasteiger charge is 2.25. The molecular weight excluding hydrogens is 350 g/mol.